The predicted octanol–water partition coefficient (Wildman–Crippen LogP) is 2.28. The Morgan fingerprint density at radius 2 is 1.91 bits per heavy atom. The highest BCUT2D eigenvalue weighted by Gasteiger charge is 2.51. The molecule has 2 atom stereocenters. The van der Waals surface area contributed by atoms with Gasteiger partial charge in [0.2, 0.25) is 5.91 Å². The average molecular weight is 303 g/mol. The highest BCUT2D eigenvalue weighted by molar-refractivity contribution is 6.19. The van der Waals surface area contributed by atoms with Crippen molar-refractivity contribution < 1.29 is 14.3 Å². The van der Waals surface area contributed by atoms with Gasteiger partial charge in [0.15, 0.2) is 5.41 Å². The van der Waals surface area contributed by atoms with Crippen molar-refractivity contribution in [3.63, 3.8) is 0 Å². The molecule has 1 amide bonds. The molecule has 6 heteroatoms. The molecule has 0 fully saturated rings. The molecule has 0 spiro atoms. The second-order valence-electron chi connectivity index (χ2n) is 6.25. The first-order valence-electron chi connectivity index (χ1n) is 7.58. The van der Waals surface area contributed by atoms with Crippen LogP contribution in [-0.2, 0) is 19.7 Å². The molecule has 22 heavy (non-hydrogen) atoms. The van der Waals surface area contributed by atoms with Crippen LogP contribution in [0.4, 0.5) is 17.1 Å². The molecule has 3 N–H and O–H groups in total. The summed E-state index contributed by atoms with van der Waals surface area (Å²) in [6.07, 6.45) is 0.141. The zero-order valence-electron chi connectivity index (χ0n) is 13.2. The number of carbonyl (C=O) groups is 2. The quantitative estimate of drug-likeness (QED) is 0.590. The van der Waals surface area contributed by atoms with Crippen molar-refractivity contribution in [3.8, 4) is 0 Å². The maximum Gasteiger partial charge on any atom is 0.326 e. The van der Waals surface area contributed by atoms with Crippen LogP contribution >= 0.6 is 0 Å². The number of rotatable bonds is 3. The van der Waals surface area contributed by atoms with Gasteiger partial charge in [0.25, 0.3) is 0 Å². The van der Waals surface area contributed by atoms with Gasteiger partial charge in [0.1, 0.15) is 0 Å². The van der Waals surface area contributed by atoms with Crippen LogP contribution in [0, 0.1) is 5.92 Å². The standard InChI is InChI=1S/C16H21N3O3/c1-5-22-15(21)16(4)9-6-11-12(7-10(9)19-14(16)20)18-13(17-11)8(2)3/h6-8,13,17-18H,5H2,1-4H3,(H,19,20). The molecule has 3 rings (SSSR count). The monoisotopic (exact) mass is 303 g/mol. The first-order chi connectivity index (χ1) is 10.4. The molecule has 0 radical (unpaired) electrons. The molecular formula is C16H21N3O3. The molecule has 6 nitrogen and oxygen atoms in total. The fourth-order valence-electron chi connectivity index (χ4n) is 2.91. The number of fused-ring (bicyclic) bond motifs is 2. The van der Waals surface area contributed by atoms with E-state index >= 15 is 0 Å². The third kappa shape index (κ3) is 1.94. The second kappa shape index (κ2) is 4.90. The van der Waals surface area contributed by atoms with Crippen molar-refractivity contribution in [2.45, 2.75) is 39.3 Å². The predicted molar refractivity (Wildman–Crippen MR) is 84.9 cm³/mol. The van der Waals surface area contributed by atoms with Crippen molar-refractivity contribution in [1.82, 2.24) is 0 Å². The SMILES string of the molecule is CCOC(=O)C1(C)C(=O)Nc2cc3c(cc21)NC(C(C)C)N3. The number of hydrogen-bond donors (Lipinski definition) is 3. The van der Waals surface area contributed by atoms with Crippen LogP contribution in [0.3, 0.4) is 0 Å². The second-order valence-corrected chi connectivity index (χ2v) is 6.25. The molecule has 0 saturated heterocycles. The first-order valence-corrected chi connectivity index (χ1v) is 7.58. The van der Waals surface area contributed by atoms with Crippen molar-refractivity contribution >= 4 is 28.9 Å². The summed E-state index contributed by atoms with van der Waals surface area (Å²) in [6, 6.07) is 3.75. The van der Waals surface area contributed by atoms with Crippen LogP contribution in [0.5, 0.6) is 0 Å². The molecule has 2 aliphatic rings. The first kappa shape index (κ1) is 14.7. The van der Waals surface area contributed by atoms with Crippen LogP contribution in [-0.4, -0.2) is 24.6 Å². The summed E-state index contributed by atoms with van der Waals surface area (Å²) >= 11 is 0. The Balaban J connectivity index is 2.02. The molecule has 0 aromatic heterocycles. The maximum atomic E-state index is 12.3. The summed E-state index contributed by atoms with van der Waals surface area (Å²) in [4.78, 5) is 24.6. The third-order valence-electron chi connectivity index (χ3n) is 4.37. The number of hydrogen-bond acceptors (Lipinski definition) is 5. The Morgan fingerprint density at radius 3 is 2.50 bits per heavy atom. The lowest BCUT2D eigenvalue weighted by molar-refractivity contribution is -0.152. The number of esters is 1. The number of anilines is 3. The summed E-state index contributed by atoms with van der Waals surface area (Å²) in [7, 11) is 0. The van der Waals surface area contributed by atoms with E-state index in [1.165, 1.54) is 0 Å². The number of nitrogens with one attached hydrogen (secondary N) is 3. The van der Waals surface area contributed by atoms with Gasteiger partial charge in [-0.3, -0.25) is 9.59 Å². The summed E-state index contributed by atoms with van der Waals surface area (Å²) < 4.78 is 5.10. The van der Waals surface area contributed by atoms with Crippen molar-refractivity contribution in [2.75, 3.05) is 22.6 Å². The highest BCUT2D eigenvalue weighted by Crippen LogP contribution is 2.45. The minimum absolute atomic E-state index is 0.141. The van der Waals surface area contributed by atoms with Crippen molar-refractivity contribution in [2.24, 2.45) is 5.92 Å². The van der Waals surface area contributed by atoms with Gasteiger partial charge in [0, 0.05) is 11.3 Å². The minimum atomic E-state index is -1.29. The number of ether oxygens (including phenoxy) is 1. The van der Waals surface area contributed by atoms with Gasteiger partial charge in [-0.15, -0.1) is 0 Å². The van der Waals surface area contributed by atoms with Gasteiger partial charge in [-0.2, -0.15) is 0 Å². The number of amides is 1. The molecule has 1 aromatic carbocycles. The van der Waals surface area contributed by atoms with Crippen molar-refractivity contribution in [1.29, 1.82) is 0 Å². The van der Waals surface area contributed by atoms with Crippen LogP contribution in [0.2, 0.25) is 0 Å². The van der Waals surface area contributed by atoms with Gasteiger partial charge in [-0.05, 0) is 31.9 Å². The number of carbonyl (C=O) groups excluding carboxylic acids is 2. The molecular weight excluding hydrogens is 282 g/mol. The summed E-state index contributed by atoms with van der Waals surface area (Å²) in [5.41, 5.74) is 1.87. The molecule has 0 saturated carbocycles. The fourth-order valence-corrected chi connectivity index (χ4v) is 2.91. The van der Waals surface area contributed by atoms with Crippen LogP contribution in [0.25, 0.3) is 0 Å². The highest BCUT2D eigenvalue weighted by atomic mass is 16.5. The van der Waals surface area contributed by atoms with E-state index in [1.54, 1.807) is 13.8 Å². The lowest BCUT2D eigenvalue weighted by Gasteiger charge is -2.20. The van der Waals surface area contributed by atoms with Gasteiger partial charge in [-0.25, -0.2) is 0 Å². The van der Waals surface area contributed by atoms with E-state index in [9.17, 15) is 9.59 Å². The van der Waals surface area contributed by atoms with Gasteiger partial charge in [0.05, 0.1) is 24.1 Å². The van der Waals surface area contributed by atoms with E-state index in [-0.39, 0.29) is 18.7 Å². The lowest BCUT2D eigenvalue weighted by Crippen LogP contribution is -2.40. The topological polar surface area (TPSA) is 79.5 Å². The van der Waals surface area contributed by atoms with E-state index < -0.39 is 11.4 Å². The van der Waals surface area contributed by atoms with E-state index in [4.69, 9.17) is 4.74 Å². The lowest BCUT2D eigenvalue weighted by atomic mass is 9.83. The Bertz CT molecular complexity index is 656. The summed E-state index contributed by atoms with van der Waals surface area (Å²) in [5.74, 6) is -0.448. The number of benzene rings is 1. The van der Waals surface area contributed by atoms with Crippen molar-refractivity contribution in [3.05, 3.63) is 17.7 Å². The Morgan fingerprint density at radius 1 is 1.27 bits per heavy atom. The average Bonchev–Trinajstić information content (AvgIpc) is 2.98. The zero-order valence-corrected chi connectivity index (χ0v) is 13.2. The molecule has 0 aliphatic carbocycles. The molecule has 2 aliphatic heterocycles. The summed E-state index contributed by atoms with van der Waals surface area (Å²) in [6.45, 7) is 7.83. The van der Waals surface area contributed by atoms with E-state index in [1.807, 2.05) is 12.1 Å². The minimum Gasteiger partial charge on any atom is -0.465 e. The Kier molecular flexibility index (Phi) is 3.27. The summed E-state index contributed by atoms with van der Waals surface area (Å²) in [5, 5.41) is 9.56. The molecule has 0 bridgehead atoms. The molecule has 118 valence electrons. The largest absolute Gasteiger partial charge is 0.465 e. The maximum absolute atomic E-state index is 12.3. The van der Waals surface area contributed by atoms with Crippen LogP contribution < -0.4 is 16.0 Å². The third-order valence-corrected chi connectivity index (χ3v) is 4.37. The van der Waals surface area contributed by atoms with E-state index in [0.717, 1.165) is 11.4 Å². The van der Waals surface area contributed by atoms with Gasteiger partial charge < -0.3 is 20.7 Å². The van der Waals surface area contributed by atoms with Gasteiger partial charge in [-0.1, -0.05) is 13.8 Å². The van der Waals surface area contributed by atoms with Gasteiger partial charge >= 0.3 is 5.97 Å². The molecule has 2 unspecified atom stereocenters. The Hall–Kier alpha value is -2.24. The fraction of sp³-hybridized carbons (Fsp3) is 0.500. The molecule has 1 aromatic rings. The van der Waals surface area contributed by atoms with E-state index in [0.29, 0.717) is 17.2 Å². The normalized spacial score (nSPS) is 25.1. The van der Waals surface area contributed by atoms with E-state index in [2.05, 4.69) is 29.8 Å². The Labute approximate surface area is 129 Å². The molecule has 2 heterocycles. The van der Waals surface area contributed by atoms with Crippen LogP contribution in [0.15, 0.2) is 12.1 Å². The zero-order chi connectivity index (χ0) is 16.1. The van der Waals surface area contributed by atoms with Crippen LogP contribution in [0.1, 0.15) is 33.3 Å². The smallest absolute Gasteiger partial charge is 0.326 e.